The molecule has 22 heavy (non-hydrogen) atoms. The van der Waals surface area contributed by atoms with Gasteiger partial charge in [0, 0.05) is 25.0 Å². The SMILES string of the molecule is N#C/C(=C/Nc1ccc(N)c(Cl)c1)C(=O)N(CCO)CCO. The highest BCUT2D eigenvalue weighted by molar-refractivity contribution is 6.33. The summed E-state index contributed by atoms with van der Waals surface area (Å²) in [5, 5.41) is 30.0. The maximum Gasteiger partial charge on any atom is 0.266 e. The van der Waals surface area contributed by atoms with E-state index < -0.39 is 5.91 Å². The second-order valence-corrected chi connectivity index (χ2v) is 4.70. The van der Waals surface area contributed by atoms with Crippen LogP contribution in [0.15, 0.2) is 30.0 Å². The van der Waals surface area contributed by atoms with Crippen molar-refractivity contribution in [1.82, 2.24) is 4.90 Å². The molecule has 1 rings (SSSR count). The number of nitrogens with two attached hydrogens (primary N) is 1. The number of anilines is 2. The minimum absolute atomic E-state index is 0.0338. The number of nitrogens with zero attached hydrogens (tertiary/aromatic N) is 2. The van der Waals surface area contributed by atoms with Gasteiger partial charge < -0.3 is 26.2 Å². The second-order valence-electron chi connectivity index (χ2n) is 4.29. The topological polar surface area (TPSA) is 123 Å². The Morgan fingerprint density at radius 2 is 2.05 bits per heavy atom. The minimum Gasteiger partial charge on any atom is -0.398 e. The van der Waals surface area contributed by atoms with E-state index in [1.54, 1.807) is 24.3 Å². The van der Waals surface area contributed by atoms with Crippen LogP contribution in [-0.4, -0.2) is 47.3 Å². The van der Waals surface area contributed by atoms with Crippen LogP contribution in [0.5, 0.6) is 0 Å². The molecule has 1 amide bonds. The normalized spacial score (nSPS) is 10.9. The maximum atomic E-state index is 12.1. The zero-order valence-electron chi connectivity index (χ0n) is 11.8. The van der Waals surface area contributed by atoms with Crippen molar-refractivity contribution < 1.29 is 15.0 Å². The fourth-order valence-electron chi connectivity index (χ4n) is 1.64. The van der Waals surface area contributed by atoms with Crippen LogP contribution in [0.4, 0.5) is 11.4 Å². The zero-order chi connectivity index (χ0) is 16.5. The third-order valence-electron chi connectivity index (χ3n) is 2.76. The summed E-state index contributed by atoms with van der Waals surface area (Å²) in [4.78, 5) is 13.3. The lowest BCUT2D eigenvalue weighted by molar-refractivity contribution is -0.127. The Morgan fingerprint density at radius 3 is 2.55 bits per heavy atom. The molecule has 7 nitrogen and oxygen atoms in total. The highest BCUT2D eigenvalue weighted by Gasteiger charge is 2.17. The molecule has 0 aromatic heterocycles. The van der Waals surface area contributed by atoms with Crippen molar-refractivity contribution in [1.29, 1.82) is 5.26 Å². The molecule has 5 N–H and O–H groups in total. The van der Waals surface area contributed by atoms with E-state index >= 15 is 0 Å². The van der Waals surface area contributed by atoms with Gasteiger partial charge in [-0.1, -0.05) is 11.6 Å². The Kier molecular flexibility index (Phi) is 7.19. The number of amides is 1. The predicted molar refractivity (Wildman–Crippen MR) is 83.9 cm³/mol. The van der Waals surface area contributed by atoms with Gasteiger partial charge in [0.1, 0.15) is 11.6 Å². The average Bonchev–Trinajstić information content (AvgIpc) is 2.51. The lowest BCUT2D eigenvalue weighted by Crippen LogP contribution is -2.36. The van der Waals surface area contributed by atoms with E-state index in [0.717, 1.165) is 0 Å². The minimum atomic E-state index is -0.584. The first kappa shape index (κ1) is 17.8. The van der Waals surface area contributed by atoms with Crippen LogP contribution < -0.4 is 11.1 Å². The first-order chi connectivity index (χ1) is 10.5. The molecule has 0 heterocycles. The molecule has 118 valence electrons. The highest BCUT2D eigenvalue weighted by atomic mass is 35.5. The number of carbonyl (C=O) groups is 1. The van der Waals surface area contributed by atoms with Crippen molar-refractivity contribution in [2.75, 3.05) is 37.4 Å². The van der Waals surface area contributed by atoms with Crippen molar-refractivity contribution in [2.45, 2.75) is 0 Å². The van der Waals surface area contributed by atoms with Crippen LogP contribution in [0.2, 0.25) is 5.02 Å². The average molecular weight is 325 g/mol. The van der Waals surface area contributed by atoms with Crippen LogP contribution in [0, 0.1) is 11.3 Å². The van der Waals surface area contributed by atoms with Crippen molar-refractivity contribution >= 4 is 28.9 Å². The number of aliphatic hydroxyl groups is 2. The van der Waals surface area contributed by atoms with E-state index in [9.17, 15) is 4.79 Å². The van der Waals surface area contributed by atoms with E-state index in [-0.39, 0.29) is 31.9 Å². The fourth-order valence-corrected chi connectivity index (χ4v) is 1.82. The molecular weight excluding hydrogens is 308 g/mol. The number of nitrogen functional groups attached to an aromatic ring is 1. The quantitative estimate of drug-likeness (QED) is 0.330. The molecule has 1 aromatic rings. The summed E-state index contributed by atoms with van der Waals surface area (Å²) < 4.78 is 0. The lowest BCUT2D eigenvalue weighted by Gasteiger charge is -2.20. The lowest BCUT2D eigenvalue weighted by atomic mass is 10.2. The summed E-state index contributed by atoms with van der Waals surface area (Å²) in [6.07, 6.45) is 1.24. The zero-order valence-corrected chi connectivity index (χ0v) is 12.5. The van der Waals surface area contributed by atoms with Crippen molar-refractivity contribution in [3.63, 3.8) is 0 Å². The number of rotatable bonds is 7. The van der Waals surface area contributed by atoms with E-state index in [2.05, 4.69) is 5.32 Å². The van der Waals surface area contributed by atoms with Gasteiger partial charge in [0.25, 0.3) is 5.91 Å². The maximum absolute atomic E-state index is 12.1. The molecule has 0 aliphatic heterocycles. The number of hydrogen-bond acceptors (Lipinski definition) is 6. The summed E-state index contributed by atoms with van der Waals surface area (Å²) in [5.41, 5.74) is 6.42. The molecule has 0 fully saturated rings. The molecule has 0 aliphatic rings. The van der Waals surface area contributed by atoms with Crippen LogP contribution in [0.3, 0.4) is 0 Å². The molecule has 0 radical (unpaired) electrons. The monoisotopic (exact) mass is 324 g/mol. The molecule has 1 aromatic carbocycles. The summed E-state index contributed by atoms with van der Waals surface area (Å²) in [6.45, 7) is -0.449. The summed E-state index contributed by atoms with van der Waals surface area (Å²) in [7, 11) is 0. The van der Waals surface area contributed by atoms with E-state index in [1.807, 2.05) is 0 Å². The van der Waals surface area contributed by atoms with Crippen molar-refractivity contribution in [3.8, 4) is 6.07 Å². The van der Waals surface area contributed by atoms with Crippen molar-refractivity contribution in [2.24, 2.45) is 0 Å². The first-order valence-corrected chi connectivity index (χ1v) is 6.84. The van der Waals surface area contributed by atoms with Crippen LogP contribution in [0.25, 0.3) is 0 Å². The fraction of sp³-hybridized carbons (Fsp3) is 0.286. The Hall–Kier alpha value is -2.27. The summed E-state index contributed by atoms with van der Waals surface area (Å²) >= 11 is 5.88. The second kappa shape index (κ2) is 8.89. The van der Waals surface area contributed by atoms with Gasteiger partial charge in [-0.3, -0.25) is 4.79 Å². The van der Waals surface area contributed by atoms with Crippen LogP contribution in [-0.2, 0) is 4.79 Å². The molecule has 0 spiro atoms. The Labute approximate surface area is 133 Å². The highest BCUT2D eigenvalue weighted by Crippen LogP contribution is 2.22. The smallest absolute Gasteiger partial charge is 0.266 e. The number of hydrogen-bond donors (Lipinski definition) is 4. The molecule has 0 saturated carbocycles. The number of aliphatic hydroxyl groups excluding tert-OH is 2. The van der Waals surface area contributed by atoms with Crippen molar-refractivity contribution in [3.05, 3.63) is 35.0 Å². The molecule has 8 heteroatoms. The standard InChI is InChI=1S/C14H17ClN4O3/c15-12-7-11(1-2-13(12)17)18-9-10(8-16)14(22)19(3-5-20)4-6-21/h1-2,7,9,18,20-21H,3-6,17H2/b10-9-. The van der Waals surface area contributed by atoms with Crippen LogP contribution >= 0.6 is 11.6 Å². The van der Waals surface area contributed by atoms with Gasteiger partial charge in [-0.2, -0.15) is 5.26 Å². The number of halogens is 1. The predicted octanol–water partition coefficient (Wildman–Crippen LogP) is 0.555. The summed E-state index contributed by atoms with van der Waals surface area (Å²) in [6, 6.07) is 6.59. The van der Waals surface area contributed by atoms with Gasteiger partial charge in [0.15, 0.2) is 0 Å². The first-order valence-electron chi connectivity index (χ1n) is 6.46. The van der Waals surface area contributed by atoms with Crippen LogP contribution in [0.1, 0.15) is 0 Å². The molecule has 0 unspecified atom stereocenters. The van der Waals surface area contributed by atoms with Gasteiger partial charge >= 0.3 is 0 Å². The van der Waals surface area contributed by atoms with Gasteiger partial charge in [-0.15, -0.1) is 0 Å². The van der Waals surface area contributed by atoms with Gasteiger partial charge in [-0.25, -0.2) is 0 Å². The Morgan fingerprint density at radius 1 is 1.41 bits per heavy atom. The molecule has 0 bridgehead atoms. The number of benzene rings is 1. The van der Waals surface area contributed by atoms with E-state index in [1.165, 1.54) is 11.1 Å². The third-order valence-corrected chi connectivity index (χ3v) is 3.09. The van der Waals surface area contributed by atoms with Gasteiger partial charge in [0.2, 0.25) is 0 Å². The molecule has 0 saturated heterocycles. The largest absolute Gasteiger partial charge is 0.398 e. The van der Waals surface area contributed by atoms with Gasteiger partial charge in [-0.05, 0) is 18.2 Å². The van der Waals surface area contributed by atoms with E-state index in [4.69, 9.17) is 32.8 Å². The van der Waals surface area contributed by atoms with Gasteiger partial charge in [0.05, 0.1) is 23.9 Å². The summed E-state index contributed by atoms with van der Waals surface area (Å²) in [5.74, 6) is -0.584. The Bertz CT molecular complexity index is 592. The molecular formula is C14H17ClN4O3. The number of nitrogens with one attached hydrogen (secondary N) is 1. The van der Waals surface area contributed by atoms with E-state index in [0.29, 0.717) is 16.4 Å². The third kappa shape index (κ3) is 4.93. The Balaban J connectivity index is 2.87. The molecule has 0 aliphatic carbocycles. The number of carbonyl (C=O) groups excluding carboxylic acids is 1. The molecule has 0 atom stereocenters. The number of nitriles is 1.